The molecule has 1 N–H and O–H groups in total. The van der Waals surface area contributed by atoms with Crippen LogP contribution in [-0.2, 0) is 22.5 Å². The molecule has 2 heterocycles. The van der Waals surface area contributed by atoms with E-state index in [4.69, 9.17) is 13.8 Å². The molecule has 0 aliphatic heterocycles. The smallest absolute Gasteiger partial charge is 0.249 e. The lowest BCUT2D eigenvalue weighted by Crippen LogP contribution is -2.26. The van der Waals surface area contributed by atoms with Gasteiger partial charge in [0.15, 0.2) is 0 Å². The fourth-order valence-corrected chi connectivity index (χ4v) is 1.61. The molecule has 0 fully saturated rings. The van der Waals surface area contributed by atoms with E-state index in [0.29, 0.717) is 18.1 Å². The van der Waals surface area contributed by atoms with E-state index in [1.807, 2.05) is 12.1 Å². The van der Waals surface area contributed by atoms with E-state index in [1.54, 1.807) is 19.3 Å². The Labute approximate surface area is 110 Å². The molecule has 2 aromatic rings. The minimum atomic E-state index is -0.244. The topological polar surface area (TPSA) is 77.5 Å². The molecule has 0 radical (unpaired) electrons. The third-order valence-corrected chi connectivity index (χ3v) is 2.45. The molecule has 19 heavy (non-hydrogen) atoms. The molecule has 6 nitrogen and oxygen atoms in total. The predicted octanol–water partition coefficient (Wildman–Crippen LogP) is 1.80. The Morgan fingerprint density at radius 1 is 1.53 bits per heavy atom. The summed E-state index contributed by atoms with van der Waals surface area (Å²) in [6.45, 7) is 2.21. The van der Waals surface area contributed by atoms with Crippen molar-refractivity contribution in [2.45, 2.75) is 26.2 Å². The van der Waals surface area contributed by atoms with Gasteiger partial charge in [0.1, 0.15) is 11.5 Å². The highest BCUT2D eigenvalue weighted by molar-refractivity contribution is 5.76. The Kier molecular flexibility index (Phi) is 4.74. The van der Waals surface area contributed by atoms with Gasteiger partial charge in [0, 0.05) is 12.5 Å². The first-order valence-corrected chi connectivity index (χ1v) is 6.09. The fourth-order valence-electron chi connectivity index (χ4n) is 1.61. The van der Waals surface area contributed by atoms with Crippen LogP contribution in [0.1, 0.15) is 23.6 Å². The Bertz CT molecular complexity index is 504. The number of rotatable bonds is 7. The maximum atomic E-state index is 11.5. The van der Waals surface area contributed by atoms with Gasteiger partial charge in [-0.15, -0.1) is 0 Å². The number of hydrogen-bond donors (Lipinski definition) is 1. The highest BCUT2D eigenvalue weighted by Crippen LogP contribution is 2.03. The highest BCUT2D eigenvalue weighted by Gasteiger charge is 2.07. The van der Waals surface area contributed by atoms with Crippen LogP contribution in [0.25, 0.3) is 0 Å². The zero-order chi connectivity index (χ0) is 13.5. The van der Waals surface area contributed by atoms with Gasteiger partial charge in [0.25, 0.3) is 0 Å². The highest BCUT2D eigenvalue weighted by atomic mass is 16.6. The van der Waals surface area contributed by atoms with E-state index < -0.39 is 0 Å². The van der Waals surface area contributed by atoms with Crippen molar-refractivity contribution in [2.75, 3.05) is 6.61 Å². The second-order valence-corrected chi connectivity index (χ2v) is 4.16. The number of aromatic nitrogens is 1. The van der Waals surface area contributed by atoms with Crippen LogP contribution in [0.5, 0.6) is 0 Å². The fraction of sp³-hybridized carbons (Fsp3) is 0.385. The monoisotopic (exact) mass is 264 g/mol. The van der Waals surface area contributed by atoms with Crippen molar-refractivity contribution in [3.8, 4) is 0 Å². The largest absolute Gasteiger partial charge is 0.469 e. The van der Waals surface area contributed by atoms with Gasteiger partial charge in [-0.1, -0.05) is 5.16 Å². The average molecular weight is 264 g/mol. The summed E-state index contributed by atoms with van der Waals surface area (Å²) in [7, 11) is 0. The summed E-state index contributed by atoms with van der Waals surface area (Å²) in [6.07, 6.45) is 3.34. The number of hydroxylamine groups is 1. The molecule has 0 aromatic carbocycles. The molecule has 0 aliphatic carbocycles. The predicted molar refractivity (Wildman–Crippen MR) is 66.1 cm³/mol. The van der Waals surface area contributed by atoms with Gasteiger partial charge in [-0.05, 0) is 25.5 Å². The molecule has 0 unspecified atom stereocenters. The lowest BCUT2D eigenvalue weighted by Gasteiger charge is -2.03. The molecule has 0 saturated heterocycles. The van der Waals surface area contributed by atoms with E-state index in [0.717, 1.165) is 18.6 Å². The van der Waals surface area contributed by atoms with Crippen molar-refractivity contribution >= 4 is 5.91 Å². The van der Waals surface area contributed by atoms with Gasteiger partial charge >= 0.3 is 0 Å². The number of carbonyl (C=O) groups excluding carboxylic acids is 1. The first kappa shape index (κ1) is 13.4. The third-order valence-electron chi connectivity index (χ3n) is 2.45. The Hall–Kier alpha value is -2.08. The normalized spacial score (nSPS) is 10.6. The van der Waals surface area contributed by atoms with Gasteiger partial charge in [0.2, 0.25) is 5.91 Å². The second kappa shape index (κ2) is 6.75. The van der Waals surface area contributed by atoms with E-state index in [2.05, 4.69) is 10.6 Å². The van der Waals surface area contributed by atoms with Crippen molar-refractivity contribution in [1.82, 2.24) is 10.6 Å². The Morgan fingerprint density at radius 3 is 3.11 bits per heavy atom. The van der Waals surface area contributed by atoms with Crippen LogP contribution in [-0.4, -0.2) is 17.7 Å². The summed E-state index contributed by atoms with van der Waals surface area (Å²) in [5.41, 5.74) is 2.96. The van der Waals surface area contributed by atoms with Crippen LogP contribution >= 0.6 is 0 Å². The van der Waals surface area contributed by atoms with Crippen LogP contribution in [0.4, 0.5) is 0 Å². The molecule has 6 heteroatoms. The number of furan rings is 1. The Balaban J connectivity index is 1.56. The summed E-state index contributed by atoms with van der Waals surface area (Å²) in [5, 5.41) is 3.73. The van der Waals surface area contributed by atoms with Crippen molar-refractivity contribution in [2.24, 2.45) is 0 Å². The molecule has 0 atom stereocenters. The lowest BCUT2D eigenvalue weighted by atomic mass is 10.3. The zero-order valence-corrected chi connectivity index (χ0v) is 10.7. The van der Waals surface area contributed by atoms with Crippen molar-refractivity contribution in [3.63, 3.8) is 0 Å². The number of aryl methyl sites for hydroxylation is 2. The van der Waals surface area contributed by atoms with Gasteiger partial charge in [0.05, 0.1) is 25.0 Å². The van der Waals surface area contributed by atoms with Gasteiger partial charge in [-0.2, -0.15) is 0 Å². The minimum Gasteiger partial charge on any atom is -0.469 e. The molecule has 0 spiro atoms. The van der Waals surface area contributed by atoms with Gasteiger partial charge < -0.3 is 8.94 Å². The number of amides is 1. The van der Waals surface area contributed by atoms with E-state index >= 15 is 0 Å². The molecule has 0 aliphatic rings. The number of hydrogen-bond acceptors (Lipinski definition) is 5. The maximum absolute atomic E-state index is 11.5. The molecular formula is C13H16N2O4. The molecule has 2 aromatic heterocycles. The van der Waals surface area contributed by atoms with E-state index in [1.165, 1.54) is 0 Å². The number of carbonyl (C=O) groups is 1. The average Bonchev–Trinajstić information content (AvgIpc) is 3.01. The third kappa shape index (κ3) is 4.59. The lowest BCUT2D eigenvalue weighted by molar-refractivity contribution is -0.133. The van der Waals surface area contributed by atoms with Gasteiger partial charge in [-0.3, -0.25) is 9.63 Å². The summed E-state index contributed by atoms with van der Waals surface area (Å²) in [4.78, 5) is 16.6. The Morgan fingerprint density at radius 2 is 2.42 bits per heavy atom. The summed E-state index contributed by atoms with van der Waals surface area (Å²) >= 11 is 0. The first-order chi connectivity index (χ1) is 9.24. The summed E-state index contributed by atoms with van der Waals surface area (Å²) in [6, 6.07) is 5.47. The molecule has 2 rings (SSSR count). The van der Waals surface area contributed by atoms with Crippen LogP contribution in [0.2, 0.25) is 0 Å². The summed E-state index contributed by atoms with van der Waals surface area (Å²) < 4.78 is 10.0. The van der Waals surface area contributed by atoms with Crippen LogP contribution < -0.4 is 5.48 Å². The molecule has 0 saturated carbocycles. The van der Waals surface area contributed by atoms with Crippen LogP contribution in [0.15, 0.2) is 33.4 Å². The van der Waals surface area contributed by atoms with Gasteiger partial charge in [-0.25, -0.2) is 5.48 Å². The SMILES string of the molecule is Cc1cc(CC(=O)NOCCCc2ccco2)no1. The second-order valence-electron chi connectivity index (χ2n) is 4.16. The van der Waals surface area contributed by atoms with Crippen LogP contribution in [0.3, 0.4) is 0 Å². The zero-order valence-electron chi connectivity index (χ0n) is 10.7. The number of nitrogens with zero attached hydrogens (tertiary/aromatic N) is 1. The van der Waals surface area contributed by atoms with Crippen molar-refractivity contribution in [3.05, 3.63) is 41.7 Å². The van der Waals surface area contributed by atoms with Crippen molar-refractivity contribution in [1.29, 1.82) is 0 Å². The quantitative estimate of drug-likeness (QED) is 0.609. The molecule has 1 amide bonds. The van der Waals surface area contributed by atoms with E-state index in [9.17, 15) is 4.79 Å². The molecule has 102 valence electrons. The number of nitrogens with one attached hydrogen (secondary N) is 1. The van der Waals surface area contributed by atoms with E-state index in [-0.39, 0.29) is 12.3 Å². The minimum absolute atomic E-state index is 0.148. The van der Waals surface area contributed by atoms with Crippen LogP contribution in [0, 0.1) is 6.92 Å². The first-order valence-electron chi connectivity index (χ1n) is 6.09. The standard InChI is InChI=1S/C13H16N2O4/c1-10-8-11(14-19-10)9-13(16)15-18-7-3-5-12-4-2-6-17-12/h2,4,6,8H,3,5,7,9H2,1H3,(H,15,16). The maximum Gasteiger partial charge on any atom is 0.249 e. The molecular weight excluding hydrogens is 248 g/mol. The summed E-state index contributed by atoms with van der Waals surface area (Å²) in [5.74, 6) is 1.35. The van der Waals surface area contributed by atoms with Crippen molar-refractivity contribution < 1.29 is 18.6 Å². The molecule has 0 bridgehead atoms.